The first kappa shape index (κ1) is 32.1. The van der Waals surface area contributed by atoms with Crippen molar-refractivity contribution in [1.82, 2.24) is 9.88 Å². The largest absolute Gasteiger partial charge is 0.478 e. The molecular formula is C21H32ClF3N3O7P. The highest BCUT2D eigenvalue weighted by Crippen LogP contribution is 2.55. The summed E-state index contributed by atoms with van der Waals surface area (Å²) in [7, 11) is -2.92. The van der Waals surface area contributed by atoms with Crippen molar-refractivity contribution in [2.75, 3.05) is 25.3 Å². The average molecular weight is 562 g/mol. The minimum atomic E-state index is -4.56. The van der Waals surface area contributed by atoms with Crippen LogP contribution in [0.1, 0.15) is 53.5 Å². The molecule has 0 saturated heterocycles. The Labute approximate surface area is 213 Å². The van der Waals surface area contributed by atoms with Gasteiger partial charge in [-0.2, -0.15) is 13.2 Å². The fraction of sp³-hybridized carbons (Fsp3) is 0.667. The lowest BCUT2D eigenvalue weighted by molar-refractivity contribution is -0.137. The fourth-order valence-electron chi connectivity index (χ4n) is 2.62. The second-order valence-electron chi connectivity index (χ2n) is 9.60. The van der Waals surface area contributed by atoms with Gasteiger partial charge in [0, 0.05) is 25.4 Å². The molecule has 0 saturated carbocycles. The lowest BCUT2D eigenvalue weighted by atomic mass is 10.2. The minimum Gasteiger partial charge on any atom is -0.422 e. The number of nitrogens with zero attached hydrogens (tertiary/aromatic N) is 3. The molecular weight excluding hydrogens is 530 g/mol. The van der Waals surface area contributed by atoms with Gasteiger partial charge in [-0.05, 0) is 59.2 Å². The SMILES string of the molecule is CN(C(=O)Cl)c1ncccc1CN(CCC(F)(F)F)C(=O)OCOP(=O)(OC(C)(C)C)OC(C)(C)C. The molecule has 1 heterocycles. The number of carbonyl (C=O) groups excluding carboxylic acids is 2. The number of carbonyl (C=O) groups is 2. The van der Waals surface area contributed by atoms with E-state index in [1.807, 2.05) is 0 Å². The number of pyridine rings is 1. The highest BCUT2D eigenvalue weighted by molar-refractivity contribution is 7.48. The topological polar surface area (TPSA) is 108 Å². The second kappa shape index (κ2) is 12.6. The number of anilines is 1. The van der Waals surface area contributed by atoms with Gasteiger partial charge in [0.2, 0.25) is 6.79 Å². The first-order valence-electron chi connectivity index (χ1n) is 10.7. The minimum absolute atomic E-state index is 0.0419. The highest BCUT2D eigenvalue weighted by Gasteiger charge is 2.38. The van der Waals surface area contributed by atoms with E-state index in [-0.39, 0.29) is 11.4 Å². The molecule has 1 rings (SSSR count). The van der Waals surface area contributed by atoms with Gasteiger partial charge in [0.1, 0.15) is 5.82 Å². The summed E-state index contributed by atoms with van der Waals surface area (Å²) in [5.74, 6) is 0.0419. The maximum Gasteiger partial charge on any atom is 0.478 e. The third-order valence-corrected chi connectivity index (χ3v) is 6.12. The van der Waals surface area contributed by atoms with Crippen molar-refractivity contribution in [3.8, 4) is 0 Å². The second-order valence-corrected chi connectivity index (χ2v) is 11.4. The third kappa shape index (κ3) is 12.4. The molecule has 0 unspecified atom stereocenters. The van der Waals surface area contributed by atoms with Crippen molar-refractivity contribution >= 4 is 36.7 Å². The Morgan fingerprint density at radius 1 is 1.08 bits per heavy atom. The van der Waals surface area contributed by atoms with Crippen LogP contribution in [0.5, 0.6) is 0 Å². The van der Waals surface area contributed by atoms with Crippen LogP contribution in [0, 0.1) is 0 Å². The van der Waals surface area contributed by atoms with Crippen molar-refractivity contribution in [2.24, 2.45) is 0 Å². The van der Waals surface area contributed by atoms with Crippen LogP contribution in [0.2, 0.25) is 0 Å². The molecule has 15 heteroatoms. The Kier molecular flexibility index (Phi) is 11.2. The molecule has 0 spiro atoms. The molecule has 0 aromatic carbocycles. The van der Waals surface area contributed by atoms with E-state index >= 15 is 0 Å². The summed E-state index contributed by atoms with van der Waals surface area (Å²) < 4.78 is 72.6. The number of phosphoric ester groups is 1. The predicted molar refractivity (Wildman–Crippen MR) is 127 cm³/mol. The summed E-state index contributed by atoms with van der Waals surface area (Å²) in [6.07, 6.45) is -5.75. The van der Waals surface area contributed by atoms with Gasteiger partial charge in [0.15, 0.2) is 0 Å². The molecule has 36 heavy (non-hydrogen) atoms. The van der Waals surface area contributed by atoms with Crippen LogP contribution in [0.15, 0.2) is 18.3 Å². The van der Waals surface area contributed by atoms with Gasteiger partial charge in [0.25, 0.3) is 0 Å². The Morgan fingerprint density at radius 2 is 1.64 bits per heavy atom. The summed E-state index contributed by atoms with van der Waals surface area (Å²) in [5.41, 5.74) is -1.68. The molecule has 0 fully saturated rings. The molecule has 1 aromatic heterocycles. The molecule has 0 aliphatic rings. The Hall–Kier alpha value is -1.92. The zero-order valence-corrected chi connectivity index (χ0v) is 22.9. The summed E-state index contributed by atoms with van der Waals surface area (Å²) in [6, 6.07) is 2.94. The van der Waals surface area contributed by atoms with Gasteiger partial charge < -0.3 is 9.64 Å². The van der Waals surface area contributed by atoms with Crippen LogP contribution in [0.4, 0.5) is 28.6 Å². The highest BCUT2D eigenvalue weighted by atomic mass is 35.5. The molecule has 10 nitrogen and oxygen atoms in total. The number of ether oxygens (including phenoxy) is 1. The van der Waals surface area contributed by atoms with Crippen LogP contribution in [0.25, 0.3) is 0 Å². The number of halogens is 4. The van der Waals surface area contributed by atoms with Crippen molar-refractivity contribution in [3.05, 3.63) is 23.9 Å². The molecule has 0 aliphatic carbocycles. The van der Waals surface area contributed by atoms with Gasteiger partial charge in [-0.3, -0.25) is 18.7 Å². The van der Waals surface area contributed by atoms with E-state index in [2.05, 4.69) is 4.98 Å². The first-order chi connectivity index (χ1) is 16.2. The van der Waals surface area contributed by atoms with Gasteiger partial charge in [-0.15, -0.1) is 0 Å². The number of phosphoric acid groups is 1. The third-order valence-electron chi connectivity index (χ3n) is 3.90. The van der Waals surface area contributed by atoms with E-state index < -0.39 is 63.0 Å². The lowest BCUT2D eigenvalue weighted by Crippen LogP contribution is -2.35. The molecule has 206 valence electrons. The van der Waals surface area contributed by atoms with Gasteiger partial charge in [-0.1, -0.05) is 6.07 Å². The zero-order chi connectivity index (χ0) is 27.9. The van der Waals surface area contributed by atoms with Gasteiger partial charge in [-0.25, -0.2) is 18.9 Å². The van der Waals surface area contributed by atoms with Crippen LogP contribution in [-0.2, 0) is 29.4 Å². The van der Waals surface area contributed by atoms with Crippen molar-refractivity contribution in [1.29, 1.82) is 0 Å². The summed E-state index contributed by atoms with van der Waals surface area (Å²) >= 11 is 5.48. The van der Waals surface area contributed by atoms with E-state index in [0.717, 1.165) is 9.80 Å². The van der Waals surface area contributed by atoms with E-state index in [1.165, 1.54) is 25.4 Å². The summed E-state index contributed by atoms with van der Waals surface area (Å²) in [4.78, 5) is 29.9. The molecule has 0 bridgehead atoms. The molecule has 0 aliphatic heterocycles. The number of amides is 2. The quantitative estimate of drug-likeness (QED) is 0.138. The van der Waals surface area contributed by atoms with Crippen LogP contribution in [-0.4, -0.2) is 59.1 Å². The molecule has 2 amide bonds. The molecule has 0 radical (unpaired) electrons. The van der Waals surface area contributed by atoms with Crippen LogP contribution < -0.4 is 4.90 Å². The zero-order valence-electron chi connectivity index (χ0n) is 21.2. The van der Waals surface area contributed by atoms with E-state index in [1.54, 1.807) is 41.5 Å². The fourth-order valence-corrected chi connectivity index (χ4v) is 4.36. The number of alkyl halides is 3. The maximum atomic E-state index is 13.0. The Balaban J connectivity index is 3.06. The smallest absolute Gasteiger partial charge is 0.422 e. The number of hydrogen-bond acceptors (Lipinski definition) is 8. The number of rotatable bonds is 10. The van der Waals surface area contributed by atoms with Gasteiger partial charge >= 0.3 is 25.5 Å². The average Bonchev–Trinajstić information content (AvgIpc) is 2.66. The first-order valence-corrected chi connectivity index (χ1v) is 12.6. The Bertz CT molecular complexity index is 932. The molecule has 0 atom stereocenters. The maximum absolute atomic E-state index is 13.0. The summed E-state index contributed by atoms with van der Waals surface area (Å²) in [5, 5.41) is -0.888. The van der Waals surface area contributed by atoms with Crippen LogP contribution >= 0.6 is 19.4 Å². The van der Waals surface area contributed by atoms with E-state index in [4.69, 9.17) is 29.9 Å². The number of hydrogen-bond donors (Lipinski definition) is 0. The lowest BCUT2D eigenvalue weighted by Gasteiger charge is -2.31. The van der Waals surface area contributed by atoms with Crippen LogP contribution in [0.3, 0.4) is 0 Å². The standard InChI is InChI=1S/C21H32ClF3N3O7P/c1-19(2,3)34-36(31,35-20(4,5)6)33-14-32-18(30)28(12-10-21(23,24)25)13-15-9-8-11-26-16(15)27(7)17(22)29/h8-9,11H,10,12-14H2,1-7H3. The molecule has 0 N–H and O–H groups in total. The van der Waals surface area contributed by atoms with Crippen molar-refractivity contribution in [2.45, 2.75) is 71.9 Å². The predicted octanol–water partition coefficient (Wildman–Crippen LogP) is 6.48. The van der Waals surface area contributed by atoms with Crippen molar-refractivity contribution in [3.63, 3.8) is 0 Å². The van der Waals surface area contributed by atoms with E-state index in [0.29, 0.717) is 0 Å². The normalized spacial score (nSPS) is 12.9. The molecule has 1 aromatic rings. The van der Waals surface area contributed by atoms with E-state index in [9.17, 15) is 27.3 Å². The monoisotopic (exact) mass is 561 g/mol. The number of aromatic nitrogens is 1. The van der Waals surface area contributed by atoms with Gasteiger partial charge in [0.05, 0.1) is 24.2 Å². The Morgan fingerprint density at radius 3 is 2.11 bits per heavy atom. The summed E-state index contributed by atoms with van der Waals surface area (Å²) in [6.45, 7) is 7.53. The van der Waals surface area contributed by atoms with Crippen molar-refractivity contribution < 1.29 is 45.6 Å².